The first-order valence-corrected chi connectivity index (χ1v) is 12.1. The normalized spacial score (nSPS) is 17.1. The number of aromatic nitrogens is 1. The van der Waals surface area contributed by atoms with E-state index in [9.17, 15) is 5.11 Å². The summed E-state index contributed by atoms with van der Waals surface area (Å²) >= 11 is 0. The molecule has 0 amide bonds. The molecule has 1 atom stereocenters. The van der Waals surface area contributed by atoms with Crippen LogP contribution < -0.4 is 5.11 Å². The van der Waals surface area contributed by atoms with Crippen LogP contribution in [-0.2, 0) is 23.5 Å². The van der Waals surface area contributed by atoms with Crippen LogP contribution in [0.3, 0.4) is 0 Å². The highest BCUT2D eigenvalue weighted by Crippen LogP contribution is 2.41. The molecular formula is C28H36N2O3. The van der Waals surface area contributed by atoms with Gasteiger partial charge >= 0.3 is 0 Å². The Kier molecular flexibility index (Phi) is 7.63. The molecule has 0 N–H and O–H groups in total. The van der Waals surface area contributed by atoms with Crippen LogP contribution in [0.15, 0.2) is 71.3 Å². The van der Waals surface area contributed by atoms with Crippen molar-refractivity contribution in [2.75, 3.05) is 27.2 Å². The fourth-order valence-electron chi connectivity index (χ4n) is 4.93. The third kappa shape index (κ3) is 5.91. The van der Waals surface area contributed by atoms with Gasteiger partial charge in [-0.2, -0.15) is 0 Å². The number of benzene rings is 2. The first-order chi connectivity index (χ1) is 16.0. The zero-order chi connectivity index (χ0) is 23.2. The smallest absolute Gasteiger partial charge is 0.191 e. The van der Waals surface area contributed by atoms with Crippen LogP contribution in [0.4, 0.5) is 0 Å². The third-order valence-corrected chi connectivity index (χ3v) is 6.86. The van der Waals surface area contributed by atoms with Gasteiger partial charge in [0.15, 0.2) is 5.76 Å². The van der Waals surface area contributed by atoms with Crippen LogP contribution >= 0.6 is 0 Å². The predicted octanol–water partition coefficient (Wildman–Crippen LogP) is 4.65. The van der Waals surface area contributed by atoms with E-state index in [-0.39, 0.29) is 5.92 Å². The Morgan fingerprint density at radius 2 is 1.67 bits per heavy atom. The van der Waals surface area contributed by atoms with Crippen molar-refractivity contribution in [2.24, 2.45) is 5.92 Å². The average molecular weight is 449 g/mol. The summed E-state index contributed by atoms with van der Waals surface area (Å²) in [6.07, 6.45) is 5.32. The summed E-state index contributed by atoms with van der Waals surface area (Å²) < 4.78 is 12.3. The molecule has 1 aliphatic carbocycles. The maximum Gasteiger partial charge on any atom is 0.191 e. The van der Waals surface area contributed by atoms with Gasteiger partial charge in [0.05, 0.1) is 33.0 Å². The Hall–Kier alpha value is -2.47. The fraction of sp³-hybridized carbons (Fsp3) is 0.464. The number of hydrogen-bond acceptors (Lipinski definition) is 4. The topological polar surface area (TPSA) is 58.3 Å². The minimum atomic E-state index is -1.36. The van der Waals surface area contributed by atoms with Gasteiger partial charge in [0, 0.05) is 6.07 Å². The summed E-state index contributed by atoms with van der Waals surface area (Å²) in [4.78, 5) is 0. The highest BCUT2D eigenvalue weighted by molar-refractivity contribution is 5.33. The van der Waals surface area contributed by atoms with Gasteiger partial charge in [0.25, 0.3) is 0 Å². The second kappa shape index (κ2) is 10.6. The van der Waals surface area contributed by atoms with Crippen LogP contribution in [0.1, 0.15) is 54.7 Å². The monoisotopic (exact) mass is 448 g/mol. The second-order valence-corrected chi connectivity index (χ2v) is 9.97. The molecule has 1 heterocycles. The molecule has 0 spiro atoms. The summed E-state index contributed by atoms with van der Waals surface area (Å²) in [5.74, 6) is 0.797. The molecule has 1 unspecified atom stereocenters. The Morgan fingerprint density at radius 1 is 1.00 bits per heavy atom. The molecule has 5 nitrogen and oxygen atoms in total. The van der Waals surface area contributed by atoms with Crippen molar-refractivity contribution in [1.29, 1.82) is 0 Å². The van der Waals surface area contributed by atoms with Gasteiger partial charge in [0.2, 0.25) is 0 Å². The summed E-state index contributed by atoms with van der Waals surface area (Å²) in [6.45, 7) is 2.77. The van der Waals surface area contributed by atoms with Crippen LogP contribution in [-0.4, -0.2) is 36.9 Å². The Morgan fingerprint density at radius 3 is 2.36 bits per heavy atom. The van der Waals surface area contributed by atoms with Crippen molar-refractivity contribution in [3.63, 3.8) is 0 Å². The predicted molar refractivity (Wildman–Crippen MR) is 127 cm³/mol. The first kappa shape index (κ1) is 23.7. The van der Waals surface area contributed by atoms with Gasteiger partial charge in [-0.25, -0.2) is 0 Å². The molecule has 33 heavy (non-hydrogen) atoms. The van der Waals surface area contributed by atoms with E-state index in [4.69, 9.17) is 9.26 Å². The lowest BCUT2D eigenvalue weighted by Gasteiger charge is -2.48. The molecule has 1 fully saturated rings. The fourth-order valence-corrected chi connectivity index (χ4v) is 4.93. The van der Waals surface area contributed by atoms with Crippen molar-refractivity contribution in [2.45, 2.75) is 50.9 Å². The van der Waals surface area contributed by atoms with Gasteiger partial charge in [-0.1, -0.05) is 103 Å². The number of quaternary nitrogens is 1. The highest BCUT2D eigenvalue weighted by atomic mass is 16.5. The summed E-state index contributed by atoms with van der Waals surface area (Å²) in [7, 11) is 4.30. The Balaban J connectivity index is 1.42. The quantitative estimate of drug-likeness (QED) is 0.335. The molecule has 0 radical (unpaired) electrons. The molecule has 2 aromatic carbocycles. The van der Waals surface area contributed by atoms with Crippen LogP contribution in [0.2, 0.25) is 0 Å². The Labute approximate surface area is 197 Å². The zero-order valence-electron chi connectivity index (χ0n) is 19.9. The lowest BCUT2D eigenvalue weighted by atomic mass is 9.71. The standard InChI is InChI=1S/C28H36N2O3/c1-30(2,18-19-32-22-23-12-6-3-7-13-23)21-26-20-27(29-33-26)28(31,24-14-8-4-9-15-24)25-16-10-5-11-17-25/h3-4,6-9,12-15,20,25H,5,10-11,16-19,21-22H2,1-2H3. The summed E-state index contributed by atoms with van der Waals surface area (Å²) in [5.41, 5.74) is 1.13. The molecule has 4 rings (SSSR count). The van der Waals surface area contributed by atoms with Gasteiger partial charge in [-0.05, 0) is 17.1 Å². The van der Waals surface area contributed by atoms with Crippen molar-refractivity contribution in [1.82, 2.24) is 5.16 Å². The van der Waals surface area contributed by atoms with E-state index in [1.807, 2.05) is 54.6 Å². The molecule has 1 aromatic heterocycles. The number of likely N-dealkylation sites (N-methyl/N-ethyl adjacent to an activating group) is 1. The SMILES string of the molecule is C[N+](C)(CCOCc1ccccc1)Cc1cc(C([O-])(c2ccccc2)C2CCCCC2)no1. The number of ether oxygens (including phenoxy) is 1. The van der Waals surface area contributed by atoms with E-state index in [2.05, 4.69) is 31.4 Å². The molecule has 0 bridgehead atoms. The zero-order valence-corrected chi connectivity index (χ0v) is 19.9. The van der Waals surface area contributed by atoms with Crippen molar-refractivity contribution in [3.8, 4) is 0 Å². The molecule has 1 aliphatic rings. The summed E-state index contributed by atoms with van der Waals surface area (Å²) in [6, 6.07) is 21.9. The van der Waals surface area contributed by atoms with E-state index >= 15 is 0 Å². The van der Waals surface area contributed by atoms with Crippen LogP contribution in [0.25, 0.3) is 0 Å². The van der Waals surface area contributed by atoms with Crippen molar-refractivity contribution >= 4 is 0 Å². The molecule has 1 saturated carbocycles. The Bertz CT molecular complexity index is 981. The second-order valence-electron chi connectivity index (χ2n) is 9.97. The minimum absolute atomic E-state index is 0.0421. The molecule has 3 aromatic rings. The average Bonchev–Trinajstić information content (AvgIpc) is 3.31. The lowest BCUT2D eigenvalue weighted by molar-refractivity contribution is -0.905. The van der Waals surface area contributed by atoms with E-state index in [1.165, 1.54) is 12.0 Å². The largest absolute Gasteiger partial charge is 0.841 e. The van der Waals surface area contributed by atoms with Gasteiger partial charge in [-0.3, -0.25) is 0 Å². The maximum atomic E-state index is 14.4. The summed E-state index contributed by atoms with van der Waals surface area (Å²) in [5, 5.41) is 18.8. The first-order valence-electron chi connectivity index (χ1n) is 12.1. The van der Waals surface area contributed by atoms with E-state index in [0.717, 1.165) is 43.6 Å². The minimum Gasteiger partial charge on any atom is -0.841 e. The molecule has 0 aliphatic heterocycles. The van der Waals surface area contributed by atoms with Gasteiger partial charge in [0.1, 0.15) is 13.1 Å². The highest BCUT2D eigenvalue weighted by Gasteiger charge is 2.35. The maximum absolute atomic E-state index is 14.4. The molecular weight excluding hydrogens is 412 g/mol. The number of nitrogens with zero attached hydrogens (tertiary/aromatic N) is 2. The van der Waals surface area contributed by atoms with Crippen LogP contribution in [0.5, 0.6) is 0 Å². The van der Waals surface area contributed by atoms with Crippen molar-refractivity contribution in [3.05, 3.63) is 89.3 Å². The third-order valence-electron chi connectivity index (χ3n) is 6.86. The molecule has 0 saturated heterocycles. The molecule has 5 heteroatoms. The lowest BCUT2D eigenvalue weighted by Crippen LogP contribution is -2.49. The molecule has 176 valence electrons. The van der Waals surface area contributed by atoms with Crippen LogP contribution in [0, 0.1) is 5.92 Å². The van der Waals surface area contributed by atoms with E-state index < -0.39 is 5.60 Å². The van der Waals surface area contributed by atoms with Gasteiger partial charge < -0.3 is 18.8 Å². The van der Waals surface area contributed by atoms with E-state index in [1.54, 1.807) is 0 Å². The van der Waals surface area contributed by atoms with Gasteiger partial charge in [-0.15, -0.1) is 0 Å². The number of hydrogen-bond donors (Lipinski definition) is 0. The van der Waals surface area contributed by atoms with Crippen molar-refractivity contribution < 1.29 is 18.8 Å². The number of rotatable bonds is 10. The van der Waals surface area contributed by atoms with E-state index in [0.29, 0.717) is 29.9 Å².